The smallest absolute Gasteiger partial charge is 0.312 e. The largest absolute Gasteiger partial charge is 0.493 e. The van der Waals surface area contributed by atoms with Crippen LogP contribution in [-0.2, 0) is 9.84 Å². The van der Waals surface area contributed by atoms with Crippen LogP contribution in [0.2, 0.25) is 0 Å². The summed E-state index contributed by atoms with van der Waals surface area (Å²) in [6, 6.07) is 1.95. The van der Waals surface area contributed by atoms with Crippen molar-refractivity contribution in [3.8, 4) is 5.75 Å². The van der Waals surface area contributed by atoms with E-state index in [9.17, 15) is 35.5 Å². The number of benzene rings is 1. The molecule has 0 unspecified atom stereocenters. The van der Waals surface area contributed by atoms with Gasteiger partial charge in [-0.25, -0.2) is 21.6 Å². The lowest BCUT2D eigenvalue weighted by Gasteiger charge is -2.34. The molecule has 4 nitrogen and oxygen atoms in total. The van der Waals surface area contributed by atoms with Crippen LogP contribution in [-0.4, -0.2) is 38.2 Å². The van der Waals surface area contributed by atoms with E-state index in [2.05, 4.69) is 0 Å². The fourth-order valence-electron chi connectivity index (χ4n) is 3.22. The van der Waals surface area contributed by atoms with Crippen LogP contribution in [0.1, 0.15) is 36.2 Å². The van der Waals surface area contributed by atoms with E-state index in [0.717, 1.165) is 18.4 Å². The number of fused-ring (bicyclic) bond motifs is 1. The Balaban J connectivity index is 1.97. The molecule has 0 amide bonds. The lowest BCUT2D eigenvalue weighted by Crippen LogP contribution is -2.38. The van der Waals surface area contributed by atoms with E-state index in [1.807, 2.05) is 0 Å². The third kappa shape index (κ3) is 2.99. The topological polar surface area (TPSA) is 63.6 Å². The molecular weight excluding hydrogens is 371 g/mol. The van der Waals surface area contributed by atoms with Crippen molar-refractivity contribution in [2.24, 2.45) is 5.92 Å². The lowest BCUT2D eigenvalue weighted by molar-refractivity contribution is -0.144. The molecule has 0 aliphatic heterocycles. The number of aliphatic hydroxyl groups is 1. The second-order valence-corrected chi connectivity index (χ2v) is 8.53. The van der Waals surface area contributed by atoms with Crippen LogP contribution < -0.4 is 4.74 Å². The predicted molar refractivity (Wildman–Crippen MR) is 76.5 cm³/mol. The summed E-state index contributed by atoms with van der Waals surface area (Å²) in [6.07, 6.45) is -5.70. The van der Waals surface area contributed by atoms with E-state index in [1.54, 1.807) is 0 Å². The highest BCUT2D eigenvalue weighted by Gasteiger charge is 2.59. The van der Waals surface area contributed by atoms with Crippen molar-refractivity contribution in [3.05, 3.63) is 23.3 Å². The fraction of sp³-hybridized carbons (Fsp3) is 0.600. The maximum absolute atomic E-state index is 14.2. The van der Waals surface area contributed by atoms with Crippen LogP contribution in [0.25, 0.3) is 0 Å². The van der Waals surface area contributed by atoms with Crippen LogP contribution in [0.4, 0.5) is 22.0 Å². The van der Waals surface area contributed by atoms with E-state index in [1.165, 1.54) is 0 Å². The number of hydrogen-bond acceptors (Lipinski definition) is 4. The van der Waals surface area contributed by atoms with Crippen molar-refractivity contribution in [1.29, 1.82) is 0 Å². The third-order valence-electron chi connectivity index (χ3n) is 4.49. The summed E-state index contributed by atoms with van der Waals surface area (Å²) in [5, 5.41) is 9.74. The van der Waals surface area contributed by atoms with E-state index < -0.39 is 68.7 Å². The van der Waals surface area contributed by atoms with Gasteiger partial charge in [-0.15, -0.1) is 0 Å². The average Bonchev–Trinajstić information content (AvgIpc) is 2.63. The first-order valence-electron chi connectivity index (χ1n) is 7.42. The molecule has 1 aromatic rings. The monoisotopic (exact) mass is 386 g/mol. The summed E-state index contributed by atoms with van der Waals surface area (Å²) in [4.78, 5) is -0.614. The molecule has 0 heterocycles. The van der Waals surface area contributed by atoms with Gasteiger partial charge in [0.2, 0.25) is 5.92 Å². The minimum absolute atomic E-state index is 0.241. The normalized spacial score (nSPS) is 27.6. The van der Waals surface area contributed by atoms with Crippen molar-refractivity contribution in [2.45, 2.75) is 41.9 Å². The van der Waals surface area contributed by atoms with Crippen molar-refractivity contribution < 1.29 is 40.2 Å². The molecule has 10 heteroatoms. The van der Waals surface area contributed by atoms with Gasteiger partial charge in [0.05, 0.1) is 11.5 Å². The second-order valence-electron chi connectivity index (χ2n) is 6.54. The zero-order chi connectivity index (χ0) is 18.8. The molecule has 1 aromatic carbocycles. The van der Waals surface area contributed by atoms with Crippen molar-refractivity contribution in [3.63, 3.8) is 0 Å². The van der Waals surface area contributed by atoms with Crippen molar-refractivity contribution >= 4 is 9.84 Å². The van der Waals surface area contributed by atoms with Gasteiger partial charge >= 0.3 is 5.92 Å². The first kappa shape index (κ1) is 18.4. The number of ether oxygens (including phenoxy) is 1. The van der Waals surface area contributed by atoms with E-state index in [4.69, 9.17) is 4.74 Å². The van der Waals surface area contributed by atoms with Gasteiger partial charge in [-0.2, -0.15) is 8.78 Å². The minimum Gasteiger partial charge on any atom is -0.493 e. The summed E-state index contributed by atoms with van der Waals surface area (Å²) in [6.45, 7) is -0.241. The van der Waals surface area contributed by atoms with Crippen LogP contribution in [0.5, 0.6) is 5.75 Å². The van der Waals surface area contributed by atoms with E-state index >= 15 is 0 Å². The highest BCUT2D eigenvalue weighted by molar-refractivity contribution is 7.90. The summed E-state index contributed by atoms with van der Waals surface area (Å²) in [5.74, 6) is -7.89. The molecule has 0 saturated heterocycles. The molecule has 0 radical (unpaired) electrons. The Kier molecular flexibility index (Phi) is 4.07. The van der Waals surface area contributed by atoms with Gasteiger partial charge in [-0.1, -0.05) is 0 Å². The Morgan fingerprint density at radius 2 is 1.80 bits per heavy atom. The molecule has 2 aliphatic rings. The highest BCUT2D eigenvalue weighted by atomic mass is 32.2. The van der Waals surface area contributed by atoms with Gasteiger partial charge in [0, 0.05) is 36.1 Å². The zero-order valence-electron chi connectivity index (χ0n) is 13.0. The number of rotatable bonds is 4. The Morgan fingerprint density at radius 1 is 1.20 bits per heavy atom. The van der Waals surface area contributed by atoms with Gasteiger partial charge in [0.15, 0.2) is 16.0 Å². The number of sulfone groups is 1. The van der Waals surface area contributed by atoms with Gasteiger partial charge in [0.25, 0.3) is 0 Å². The standard InChI is InChI=1S/C15H15F5O4S/c1-25(22,23)9-3-2-8(24-6-7-4-14(17,18)5-7)10-11(9)13(21)15(19,20)12(10)16/h2-3,7,12-13,21H,4-6H2,1H3/t12-,13+/m1/s1. The summed E-state index contributed by atoms with van der Waals surface area (Å²) in [5.41, 5.74) is -1.48. The number of halogens is 5. The lowest BCUT2D eigenvalue weighted by atomic mass is 9.82. The maximum Gasteiger partial charge on any atom is 0.312 e. The molecule has 3 rings (SSSR count). The fourth-order valence-corrected chi connectivity index (χ4v) is 4.16. The quantitative estimate of drug-likeness (QED) is 0.808. The Labute approximate surface area is 140 Å². The molecule has 2 aliphatic carbocycles. The van der Waals surface area contributed by atoms with Crippen LogP contribution in [0.15, 0.2) is 17.0 Å². The molecule has 1 fully saturated rings. The zero-order valence-corrected chi connectivity index (χ0v) is 13.8. The van der Waals surface area contributed by atoms with Gasteiger partial charge in [-0.05, 0) is 12.1 Å². The highest BCUT2D eigenvalue weighted by Crippen LogP contribution is 2.57. The first-order chi connectivity index (χ1) is 11.3. The Bertz CT molecular complexity index is 800. The second kappa shape index (κ2) is 5.54. The number of aliphatic hydroxyl groups excluding tert-OH is 1. The van der Waals surface area contributed by atoms with Crippen LogP contribution in [0, 0.1) is 5.92 Å². The average molecular weight is 386 g/mol. The van der Waals surface area contributed by atoms with Crippen molar-refractivity contribution in [1.82, 2.24) is 0 Å². The molecule has 25 heavy (non-hydrogen) atoms. The summed E-state index contributed by atoms with van der Waals surface area (Å²) < 4.78 is 96.3. The molecular formula is C15H15F5O4S. The maximum atomic E-state index is 14.2. The number of alkyl halides is 5. The molecule has 140 valence electrons. The SMILES string of the molecule is CS(=O)(=O)c1ccc(OCC2CC(F)(F)C2)c2c1[C@H](O)C(F)(F)[C@@H]2F. The molecule has 0 aromatic heterocycles. The van der Waals surface area contributed by atoms with Gasteiger partial charge in [-0.3, -0.25) is 0 Å². The molecule has 0 spiro atoms. The van der Waals surface area contributed by atoms with Gasteiger partial charge < -0.3 is 9.84 Å². The Morgan fingerprint density at radius 3 is 2.32 bits per heavy atom. The third-order valence-corrected chi connectivity index (χ3v) is 5.64. The number of hydrogen-bond donors (Lipinski definition) is 1. The Hall–Kier alpha value is -1.42. The molecule has 2 atom stereocenters. The first-order valence-corrected chi connectivity index (χ1v) is 9.31. The van der Waals surface area contributed by atoms with Crippen molar-refractivity contribution in [2.75, 3.05) is 12.9 Å². The van der Waals surface area contributed by atoms with Crippen LogP contribution >= 0.6 is 0 Å². The van der Waals surface area contributed by atoms with Gasteiger partial charge in [0.1, 0.15) is 11.9 Å². The molecule has 1 N–H and O–H groups in total. The molecule has 1 saturated carbocycles. The van der Waals surface area contributed by atoms with E-state index in [-0.39, 0.29) is 12.4 Å². The predicted octanol–water partition coefficient (Wildman–Crippen LogP) is 3.21. The minimum atomic E-state index is -4.22. The summed E-state index contributed by atoms with van der Waals surface area (Å²) in [7, 11) is -4.01. The molecule has 0 bridgehead atoms. The summed E-state index contributed by atoms with van der Waals surface area (Å²) >= 11 is 0. The van der Waals surface area contributed by atoms with Crippen LogP contribution in [0.3, 0.4) is 0 Å². The van der Waals surface area contributed by atoms with E-state index in [0.29, 0.717) is 0 Å².